The van der Waals surface area contributed by atoms with E-state index in [4.69, 9.17) is 32.5 Å². The van der Waals surface area contributed by atoms with Gasteiger partial charge in [0.1, 0.15) is 0 Å². The van der Waals surface area contributed by atoms with Crippen LogP contribution in [0.25, 0.3) is 0 Å². The van der Waals surface area contributed by atoms with Crippen molar-refractivity contribution < 1.29 is 14.3 Å². The van der Waals surface area contributed by atoms with Crippen LogP contribution in [0, 0.1) is 5.41 Å². The largest absolute Gasteiger partial charge is 0.493 e. The van der Waals surface area contributed by atoms with Gasteiger partial charge < -0.3 is 20.9 Å². The summed E-state index contributed by atoms with van der Waals surface area (Å²) in [5.74, 6) is 0.268. The number of benzene rings is 1. The number of hydrogen-bond donors (Lipinski definition) is 2. The van der Waals surface area contributed by atoms with Crippen molar-refractivity contribution in [3.05, 3.63) is 22.7 Å². The van der Waals surface area contributed by atoms with Gasteiger partial charge in [0.05, 0.1) is 12.1 Å². The van der Waals surface area contributed by atoms with Gasteiger partial charge in [0.2, 0.25) is 0 Å². The summed E-state index contributed by atoms with van der Waals surface area (Å²) in [6.45, 7) is 5.39. The predicted molar refractivity (Wildman–Crippen MR) is 89.7 cm³/mol. The average Bonchev–Trinajstić information content (AvgIpc) is 2.87. The first-order chi connectivity index (χ1) is 10.9. The van der Waals surface area contributed by atoms with Crippen molar-refractivity contribution >= 4 is 17.5 Å². The second-order valence-corrected chi connectivity index (χ2v) is 6.75. The van der Waals surface area contributed by atoms with Gasteiger partial charge in [-0.15, -0.1) is 0 Å². The molecule has 1 aliphatic heterocycles. The molecule has 0 spiro atoms. The zero-order chi connectivity index (χ0) is 17.0. The normalized spacial score (nSPS) is 21.4. The summed E-state index contributed by atoms with van der Waals surface area (Å²) < 4.78 is 10.7. The Hall–Kier alpha value is -1.50. The minimum absolute atomic E-state index is 0.179. The first-order valence-electron chi connectivity index (χ1n) is 7.57. The van der Waals surface area contributed by atoms with Crippen LogP contribution in [0.1, 0.15) is 18.9 Å². The molecule has 0 aromatic heterocycles. The van der Waals surface area contributed by atoms with Gasteiger partial charge in [-0.1, -0.05) is 18.5 Å². The zero-order valence-electron chi connectivity index (χ0n) is 13.6. The Morgan fingerprint density at radius 3 is 2.78 bits per heavy atom. The van der Waals surface area contributed by atoms with E-state index >= 15 is 0 Å². The number of primary amides is 1. The van der Waals surface area contributed by atoms with Crippen molar-refractivity contribution in [3.8, 4) is 11.5 Å². The Morgan fingerprint density at radius 1 is 1.48 bits per heavy atom. The van der Waals surface area contributed by atoms with Crippen molar-refractivity contribution in [2.75, 3.05) is 33.4 Å². The first kappa shape index (κ1) is 17.8. The lowest BCUT2D eigenvalue weighted by Crippen LogP contribution is -2.31. The van der Waals surface area contributed by atoms with E-state index in [0.29, 0.717) is 23.1 Å². The van der Waals surface area contributed by atoms with Gasteiger partial charge in [0, 0.05) is 13.1 Å². The number of methoxy groups -OCH3 is 1. The maximum Gasteiger partial charge on any atom is 0.255 e. The molecule has 1 amide bonds. The van der Waals surface area contributed by atoms with E-state index in [1.807, 2.05) is 12.1 Å². The van der Waals surface area contributed by atoms with Crippen molar-refractivity contribution in [3.63, 3.8) is 0 Å². The molecule has 1 saturated heterocycles. The molecule has 1 aromatic rings. The summed E-state index contributed by atoms with van der Waals surface area (Å²) >= 11 is 6.27. The van der Waals surface area contributed by atoms with Crippen LogP contribution in [0.2, 0.25) is 5.02 Å². The minimum atomic E-state index is -0.565. The maximum absolute atomic E-state index is 10.9. The highest BCUT2D eigenvalue weighted by molar-refractivity contribution is 6.32. The number of hydrogen-bond acceptors (Lipinski definition) is 5. The fraction of sp³-hybridized carbons (Fsp3) is 0.562. The van der Waals surface area contributed by atoms with Gasteiger partial charge in [-0.3, -0.25) is 9.69 Å². The molecule has 4 N–H and O–H groups in total. The van der Waals surface area contributed by atoms with Crippen LogP contribution in [0.5, 0.6) is 11.5 Å². The van der Waals surface area contributed by atoms with Gasteiger partial charge in [0.25, 0.3) is 5.91 Å². The number of ether oxygens (including phenoxy) is 2. The summed E-state index contributed by atoms with van der Waals surface area (Å²) in [4.78, 5) is 13.2. The molecule has 1 aliphatic rings. The van der Waals surface area contributed by atoms with E-state index in [1.54, 1.807) is 0 Å². The van der Waals surface area contributed by atoms with Crippen molar-refractivity contribution in [1.82, 2.24) is 4.90 Å². The number of nitrogens with zero attached hydrogens (tertiary/aromatic N) is 1. The molecule has 0 aliphatic carbocycles. The van der Waals surface area contributed by atoms with E-state index in [1.165, 1.54) is 7.11 Å². The highest BCUT2D eigenvalue weighted by Gasteiger charge is 2.32. The predicted octanol–water partition coefficient (Wildman–Crippen LogP) is 1.38. The summed E-state index contributed by atoms with van der Waals surface area (Å²) in [5.41, 5.74) is 12.1. The molecule has 1 aromatic carbocycles. The van der Waals surface area contributed by atoms with Gasteiger partial charge in [-0.25, -0.2) is 0 Å². The standard InChI is InChI=1S/C16H24ClN3O3/c1-16(9-18)3-4-20(10-16)7-11-5-12(17)15(13(6-11)22-2)23-8-14(19)21/h5-6H,3-4,7-10,18H2,1-2H3,(H2,19,21). The molecule has 2 rings (SSSR count). The SMILES string of the molecule is COc1cc(CN2CCC(C)(CN)C2)cc(Cl)c1OCC(N)=O. The lowest BCUT2D eigenvalue weighted by molar-refractivity contribution is -0.119. The molecule has 1 fully saturated rings. The Balaban J connectivity index is 2.12. The van der Waals surface area contributed by atoms with Crippen LogP contribution in [-0.4, -0.2) is 44.2 Å². The van der Waals surface area contributed by atoms with Gasteiger partial charge >= 0.3 is 0 Å². The molecule has 6 nitrogen and oxygen atoms in total. The summed E-state index contributed by atoms with van der Waals surface area (Å²) in [6.07, 6.45) is 1.09. The Morgan fingerprint density at radius 2 is 2.22 bits per heavy atom. The number of carbonyl (C=O) groups is 1. The number of rotatable bonds is 7. The second-order valence-electron chi connectivity index (χ2n) is 6.34. The third kappa shape index (κ3) is 4.50. The molecule has 0 radical (unpaired) electrons. The van der Waals surface area contributed by atoms with Crippen LogP contribution in [-0.2, 0) is 11.3 Å². The molecule has 23 heavy (non-hydrogen) atoms. The quantitative estimate of drug-likeness (QED) is 0.782. The van der Waals surface area contributed by atoms with Gasteiger partial charge in [0.15, 0.2) is 18.1 Å². The molecular weight excluding hydrogens is 318 g/mol. The number of carbonyl (C=O) groups excluding carboxylic acids is 1. The zero-order valence-corrected chi connectivity index (χ0v) is 14.4. The highest BCUT2D eigenvalue weighted by Crippen LogP contribution is 2.37. The summed E-state index contributed by atoms with van der Waals surface area (Å²) in [5, 5.41) is 0.404. The van der Waals surface area contributed by atoms with Crippen molar-refractivity contribution in [2.24, 2.45) is 16.9 Å². The van der Waals surface area contributed by atoms with Crippen LogP contribution in [0.3, 0.4) is 0 Å². The lowest BCUT2D eigenvalue weighted by Gasteiger charge is -2.23. The van der Waals surface area contributed by atoms with E-state index in [-0.39, 0.29) is 12.0 Å². The Bertz CT molecular complexity index is 582. The van der Waals surface area contributed by atoms with Crippen molar-refractivity contribution in [2.45, 2.75) is 19.9 Å². The Labute approximate surface area is 141 Å². The van der Waals surface area contributed by atoms with E-state index in [2.05, 4.69) is 11.8 Å². The Kier molecular flexibility index (Phi) is 5.73. The fourth-order valence-electron chi connectivity index (χ4n) is 2.83. The molecule has 1 heterocycles. The number of likely N-dealkylation sites (tertiary alicyclic amines) is 1. The molecular formula is C16H24ClN3O3. The molecule has 128 valence electrons. The molecule has 1 atom stereocenters. The third-order valence-electron chi connectivity index (χ3n) is 4.18. The monoisotopic (exact) mass is 341 g/mol. The minimum Gasteiger partial charge on any atom is -0.493 e. The van der Waals surface area contributed by atoms with Crippen LogP contribution >= 0.6 is 11.6 Å². The van der Waals surface area contributed by atoms with Crippen LogP contribution < -0.4 is 20.9 Å². The van der Waals surface area contributed by atoms with Crippen molar-refractivity contribution in [1.29, 1.82) is 0 Å². The number of amides is 1. The van der Waals surface area contributed by atoms with Crippen LogP contribution in [0.15, 0.2) is 12.1 Å². The molecule has 1 unspecified atom stereocenters. The van der Waals surface area contributed by atoms with E-state index in [0.717, 1.165) is 31.6 Å². The average molecular weight is 342 g/mol. The molecule has 0 saturated carbocycles. The molecule has 7 heteroatoms. The summed E-state index contributed by atoms with van der Waals surface area (Å²) in [7, 11) is 1.54. The smallest absolute Gasteiger partial charge is 0.255 e. The second kappa shape index (κ2) is 7.38. The summed E-state index contributed by atoms with van der Waals surface area (Å²) in [6, 6.07) is 3.71. The number of nitrogens with two attached hydrogens (primary N) is 2. The van der Waals surface area contributed by atoms with E-state index in [9.17, 15) is 4.79 Å². The fourth-order valence-corrected chi connectivity index (χ4v) is 3.12. The van der Waals surface area contributed by atoms with Gasteiger partial charge in [-0.05, 0) is 42.6 Å². The van der Waals surface area contributed by atoms with Crippen LogP contribution in [0.4, 0.5) is 0 Å². The van der Waals surface area contributed by atoms with Gasteiger partial charge in [-0.2, -0.15) is 0 Å². The highest BCUT2D eigenvalue weighted by atomic mass is 35.5. The lowest BCUT2D eigenvalue weighted by atomic mass is 9.90. The third-order valence-corrected chi connectivity index (χ3v) is 4.46. The van der Waals surface area contributed by atoms with E-state index < -0.39 is 5.91 Å². The molecule has 0 bridgehead atoms. The first-order valence-corrected chi connectivity index (χ1v) is 7.94. The maximum atomic E-state index is 10.9. The number of halogens is 1. The topological polar surface area (TPSA) is 90.8 Å².